The second kappa shape index (κ2) is 12.6. The van der Waals surface area contributed by atoms with Gasteiger partial charge in [-0.25, -0.2) is 4.98 Å². The van der Waals surface area contributed by atoms with Crippen molar-refractivity contribution in [2.45, 2.75) is 44.7 Å². The molecule has 2 aromatic rings. The molecule has 1 aromatic carbocycles. The predicted octanol–water partition coefficient (Wildman–Crippen LogP) is 0.865. The van der Waals surface area contributed by atoms with Gasteiger partial charge in [-0.2, -0.15) is 0 Å². The second-order valence-electron chi connectivity index (χ2n) is 8.32. The largest absolute Gasteiger partial charge is 0.527 e. The molecule has 3 N–H and O–H groups in total. The Kier molecular flexibility index (Phi) is 9.30. The van der Waals surface area contributed by atoms with Crippen molar-refractivity contribution in [1.82, 2.24) is 20.6 Å². The molecular formula is C23H27BN4O7. The normalized spacial score (nSPS) is 16.8. The van der Waals surface area contributed by atoms with Crippen LogP contribution < -0.4 is 10.6 Å². The van der Waals surface area contributed by atoms with Gasteiger partial charge >= 0.3 is 19.1 Å². The molecule has 1 saturated heterocycles. The lowest BCUT2D eigenvalue weighted by atomic mass is 9.80. The zero-order chi connectivity index (χ0) is 25.2. The van der Waals surface area contributed by atoms with Crippen molar-refractivity contribution in [3.63, 3.8) is 0 Å². The van der Waals surface area contributed by atoms with Gasteiger partial charge < -0.3 is 25.0 Å². The number of nitrogens with zero attached hydrogens (tertiary/aromatic N) is 2. The zero-order valence-electron chi connectivity index (χ0n) is 19.3. The number of benzene rings is 1. The molecule has 11 nitrogen and oxygen atoms in total. The molecule has 0 radical (unpaired) electrons. The molecule has 2 unspecified atom stereocenters. The molecule has 2 amide bonds. The van der Waals surface area contributed by atoms with Crippen LogP contribution in [0.2, 0.25) is 6.32 Å². The van der Waals surface area contributed by atoms with Crippen molar-refractivity contribution >= 4 is 30.9 Å². The van der Waals surface area contributed by atoms with Gasteiger partial charge in [-0.3, -0.25) is 24.2 Å². The molecule has 12 heteroatoms. The fourth-order valence-electron chi connectivity index (χ4n) is 3.52. The zero-order valence-corrected chi connectivity index (χ0v) is 19.3. The third kappa shape index (κ3) is 8.18. The van der Waals surface area contributed by atoms with Crippen LogP contribution in [0.15, 0.2) is 48.9 Å². The minimum absolute atomic E-state index is 0.00726. The van der Waals surface area contributed by atoms with Crippen molar-refractivity contribution in [3.05, 3.63) is 60.2 Å². The number of carbonyl (C=O) groups is 4. The predicted molar refractivity (Wildman–Crippen MR) is 124 cm³/mol. The summed E-state index contributed by atoms with van der Waals surface area (Å²) in [6.07, 6.45) is 3.88. The molecule has 1 aliphatic rings. The maximum Gasteiger partial charge on any atom is 0.527 e. The fourth-order valence-corrected chi connectivity index (χ4v) is 3.52. The summed E-state index contributed by atoms with van der Waals surface area (Å²) >= 11 is 0. The van der Waals surface area contributed by atoms with Gasteiger partial charge in [0.05, 0.1) is 12.6 Å². The van der Waals surface area contributed by atoms with Crippen molar-refractivity contribution < 1.29 is 33.6 Å². The first-order valence-corrected chi connectivity index (χ1v) is 11.3. The highest BCUT2D eigenvalue weighted by Crippen LogP contribution is 2.19. The molecule has 0 bridgehead atoms. The maximum absolute atomic E-state index is 13.0. The summed E-state index contributed by atoms with van der Waals surface area (Å²) in [5, 5.41) is 14.4. The van der Waals surface area contributed by atoms with Crippen LogP contribution in [0, 0.1) is 5.92 Å². The van der Waals surface area contributed by atoms with Crippen LogP contribution in [0.5, 0.6) is 0 Å². The Morgan fingerprint density at radius 1 is 1.20 bits per heavy atom. The van der Waals surface area contributed by atoms with Crippen LogP contribution in [0.4, 0.5) is 0 Å². The SMILES string of the molecule is CC(CCB1OC(=O)[C@@H](CC(=O)O)O1)CNC(=O)C(Cc1ccccc1)NC(=O)c1cnccn1. The minimum atomic E-state index is -1.14. The van der Waals surface area contributed by atoms with Gasteiger partial charge in [-0.1, -0.05) is 37.3 Å². The van der Waals surface area contributed by atoms with Gasteiger partial charge in [0.2, 0.25) is 5.91 Å². The fraction of sp³-hybridized carbons (Fsp3) is 0.391. The first-order valence-electron chi connectivity index (χ1n) is 11.3. The number of aliphatic carboxylic acids is 1. The molecule has 1 aliphatic heterocycles. The van der Waals surface area contributed by atoms with Gasteiger partial charge in [0.25, 0.3) is 5.91 Å². The molecular weight excluding hydrogens is 455 g/mol. The highest BCUT2D eigenvalue weighted by atomic mass is 16.7. The molecule has 0 aliphatic carbocycles. The number of aromatic nitrogens is 2. The molecule has 35 heavy (non-hydrogen) atoms. The molecule has 1 fully saturated rings. The molecule has 3 atom stereocenters. The van der Waals surface area contributed by atoms with Crippen LogP contribution in [0.25, 0.3) is 0 Å². The first-order chi connectivity index (χ1) is 16.8. The molecule has 0 saturated carbocycles. The van der Waals surface area contributed by atoms with Crippen LogP contribution >= 0.6 is 0 Å². The second-order valence-corrected chi connectivity index (χ2v) is 8.32. The third-order valence-corrected chi connectivity index (χ3v) is 5.41. The summed E-state index contributed by atoms with van der Waals surface area (Å²) in [7, 11) is -0.804. The highest BCUT2D eigenvalue weighted by Gasteiger charge is 2.40. The third-order valence-electron chi connectivity index (χ3n) is 5.41. The topological polar surface area (TPSA) is 157 Å². The van der Waals surface area contributed by atoms with E-state index in [1.54, 1.807) is 0 Å². The molecule has 184 valence electrons. The number of hydrogen-bond donors (Lipinski definition) is 3. The van der Waals surface area contributed by atoms with Gasteiger partial charge in [0.1, 0.15) is 11.7 Å². The van der Waals surface area contributed by atoms with Crippen molar-refractivity contribution in [2.24, 2.45) is 5.92 Å². The average Bonchev–Trinajstić information content (AvgIpc) is 3.20. The quantitative estimate of drug-likeness (QED) is 0.374. The van der Waals surface area contributed by atoms with E-state index in [2.05, 4.69) is 20.6 Å². The standard InChI is InChI=1S/C23H27BN4O7/c1-15(7-8-24-34-19(12-20(29)30)23(33)35-24)13-27-21(31)17(11-16-5-3-2-4-6-16)28-22(32)18-14-25-9-10-26-18/h2-6,9-10,14-15,17,19H,7-8,11-13H2,1H3,(H,27,31)(H,28,32)(H,29,30)/t15?,17?,19-/m1/s1. The van der Waals surface area contributed by atoms with E-state index >= 15 is 0 Å². The first kappa shape index (κ1) is 25.8. The number of amides is 2. The highest BCUT2D eigenvalue weighted by molar-refractivity contribution is 6.49. The summed E-state index contributed by atoms with van der Waals surface area (Å²) in [6, 6.07) is 8.50. The molecule has 3 rings (SSSR count). The Morgan fingerprint density at radius 3 is 2.66 bits per heavy atom. The maximum atomic E-state index is 13.0. The molecule has 2 heterocycles. The Hall–Kier alpha value is -3.80. The van der Waals surface area contributed by atoms with Gasteiger partial charge in [0.15, 0.2) is 6.10 Å². The lowest BCUT2D eigenvalue weighted by Crippen LogP contribution is -2.49. The smallest absolute Gasteiger partial charge is 0.508 e. The van der Waals surface area contributed by atoms with Gasteiger partial charge in [0, 0.05) is 25.4 Å². The summed E-state index contributed by atoms with van der Waals surface area (Å²) in [6.45, 7) is 2.24. The van der Waals surface area contributed by atoms with E-state index in [1.165, 1.54) is 18.6 Å². The van der Waals surface area contributed by atoms with E-state index < -0.39 is 43.5 Å². The summed E-state index contributed by atoms with van der Waals surface area (Å²) in [5.41, 5.74) is 0.996. The number of hydrogen-bond acceptors (Lipinski definition) is 8. The lowest BCUT2D eigenvalue weighted by Gasteiger charge is -2.20. The van der Waals surface area contributed by atoms with Crippen LogP contribution in [-0.2, 0) is 30.1 Å². The van der Waals surface area contributed by atoms with E-state index in [0.717, 1.165) is 5.56 Å². The van der Waals surface area contributed by atoms with Gasteiger partial charge in [-0.15, -0.1) is 0 Å². The monoisotopic (exact) mass is 482 g/mol. The van der Waals surface area contributed by atoms with E-state index in [4.69, 9.17) is 14.4 Å². The molecule has 1 aromatic heterocycles. The number of carboxylic acids is 1. The number of carbonyl (C=O) groups excluding carboxylic acids is 3. The van der Waals surface area contributed by atoms with E-state index in [9.17, 15) is 19.2 Å². The lowest BCUT2D eigenvalue weighted by molar-refractivity contribution is -0.145. The average molecular weight is 482 g/mol. The summed E-state index contributed by atoms with van der Waals surface area (Å²) in [4.78, 5) is 55.9. The minimum Gasteiger partial charge on any atom is -0.508 e. The number of carboxylic acid groups (broad SMARTS) is 1. The number of rotatable bonds is 12. The van der Waals surface area contributed by atoms with Crippen molar-refractivity contribution in [3.8, 4) is 0 Å². The summed E-state index contributed by atoms with van der Waals surface area (Å²) < 4.78 is 10.4. The van der Waals surface area contributed by atoms with E-state index in [0.29, 0.717) is 25.7 Å². The van der Waals surface area contributed by atoms with Crippen LogP contribution in [0.1, 0.15) is 35.8 Å². The Morgan fingerprint density at radius 2 is 1.97 bits per heavy atom. The Labute approximate surface area is 202 Å². The van der Waals surface area contributed by atoms with Crippen molar-refractivity contribution in [2.75, 3.05) is 6.54 Å². The molecule has 0 spiro atoms. The summed E-state index contributed by atoms with van der Waals surface area (Å²) in [5.74, 6) is -2.66. The Balaban J connectivity index is 1.51. The van der Waals surface area contributed by atoms with E-state index in [-0.39, 0.29) is 17.5 Å². The van der Waals surface area contributed by atoms with Crippen LogP contribution in [-0.4, -0.2) is 64.6 Å². The van der Waals surface area contributed by atoms with Crippen LogP contribution in [0.3, 0.4) is 0 Å². The van der Waals surface area contributed by atoms with Gasteiger partial charge in [-0.05, 0) is 24.2 Å². The van der Waals surface area contributed by atoms with E-state index in [1.807, 2.05) is 37.3 Å². The van der Waals surface area contributed by atoms with Crippen molar-refractivity contribution in [1.29, 1.82) is 0 Å². The number of nitrogens with one attached hydrogen (secondary N) is 2. The Bertz CT molecular complexity index is 1030.